The van der Waals surface area contributed by atoms with Gasteiger partial charge in [0.1, 0.15) is 21.1 Å². The van der Waals surface area contributed by atoms with Crippen molar-refractivity contribution < 1.29 is 8.42 Å². The minimum atomic E-state index is -3.87. The first-order chi connectivity index (χ1) is 9.36. The van der Waals surface area contributed by atoms with Crippen molar-refractivity contribution in [3.05, 3.63) is 39.5 Å². The Bertz CT molecular complexity index is 807. The number of hydrogen-bond acceptors (Lipinski definition) is 5. The fourth-order valence-corrected chi connectivity index (χ4v) is 4.35. The third kappa shape index (κ3) is 2.63. The summed E-state index contributed by atoms with van der Waals surface area (Å²) < 4.78 is 26.9. The van der Waals surface area contributed by atoms with E-state index >= 15 is 0 Å². The quantitative estimate of drug-likeness (QED) is 0.878. The van der Waals surface area contributed by atoms with Gasteiger partial charge in [-0.25, -0.2) is 13.4 Å². The highest BCUT2D eigenvalue weighted by atomic mass is 35.5. The maximum atomic E-state index is 12.3. The second-order valence-electron chi connectivity index (χ2n) is 4.00. The number of nitrogens with zero attached hydrogens (tertiary/aromatic N) is 2. The standard InChI is InChI=1S/C12H10ClN3O2S2/c1-7-8(2)19-12(9(7)6-14)16-20(17,18)10-4-3-5-15-11(10)13/h3-5,16H,1-2H3. The van der Waals surface area contributed by atoms with Gasteiger partial charge in [-0.05, 0) is 31.5 Å². The maximum Gasteiger partial charge on any atom is 0.265 e. The Morgan fingerprint density at radius 2 is 2.15 bits per heavy atom. The first kappa shape index (κ1) is 14.8. The van der Waals surface area contributed by atoms with Crippen LogP contribution >= 0.6 is 22.9 Å². The summed E-state index contributed by atoms with van der Waals surface area (Å²) in [7, 11) is -3.87. The molecule has 2 rings (SSSR count). The molecule has 2 heterocycles. The molecule has 2 aromatic heterocycles. The lowest BCUT2D eigenvalue weighted by Gasteiger charge is -2.07. The molecule has 0 aliphatic carbocycles. The molecule has 0 bridgehead atoms. The Balaban J connectivity index is 2.48. The van der Waals surface area contributed by atoms with Crippen LogP contribution in [0.1, 0.15) is 16.0 Å². The number of thiophene rings is 1. The zero-order valence-corrected chi connectivity index (χ0v) is 13.0. The third-order valence-electron chi connectivity index (χ3n) is 2.74. The number of anilines is 1. The summed E-state index contributed by atoms with van der Waals surface area (Å²) in [6.07, 6.45) is 1.40. The molecule has 0 aliphatic rings. The molecule has 5 nitrogen and oxygen atoms in total. The van der Waals surface area contributed by atoms with Crippen LogP contribution in [0.5, 0.6) is 0 Å². The van der Waals surface area contributed by atoms with Gasteiger partial charge in [-0.2, -0.15) is 5.26 Å². The normalized spacial score (nSPS) is 11.1. The summed E-state index contributed by atoms with van der Waals surface area (Å²) >= 11 is 7.01. The van der Waals surface area contributed by atoms with Gasteiger partial charge >= 0.3 is 0 Å². The van der Waals surface area contributed by atoms with E-state index in [2.05, 4.69) is 9.71 Å². The molecule has 8 heteroatoms. The summed E-state index contributed by atoms with van der Waals surface area (Å²) in [6.45, 7) is 3.61. The van der Waals surface area contributed by atoms with Crippen LogP contribution in [0.3, 0.4) is 0 Å². The minimum Gasteiger partial charge on any atom is -0.269 e. The van der Waals surface area contributed by atoms with Crippen LogP contribution in [0.4, 0.5) is 5.00 Å². The number of halogens is 1. The second-order valence-corrected chi connectivity index (χ2v) is 7.23. The van der Waals surface area contributed by atoms with Crippen LogP contribution in [0.2, 0.25) is 5.15 Å². The predicted molar refractivity (Wildman–Crippen MR) is 78.6 cm³/mol. The topological polar surface area (TPSA) is 82.8 Å². The molecule has 0 amide bonds. The average Bonchev–Trinajstić information content (AvgIpc) is 2.64. The van der Waals surface area contributed by atoms with Gasteiger partial charge in [0.2, 0.25) is 0 Å². The van der Waals surface area contributed by atoms with E-state index in [1.54, 1.807) is 6.92 Å². The van der Waals surface area contributed by atoms with E-state index in [1.165, 1.54) is 29.7 Å². The zero-order chi connectivity index (χ0) is 14.9. The lowest BCUT2D eigenvalue weighted by Crippen LogP contribution is -2.13. The van der Waals surface area contributed by atoms with Gasteiger partial charge in [0, 0.05) is 11.1 Å². The van der Waals surface area contributed by atoms with Crippen molar-refractivity contribution in [1.29, 1.82) is 5.26 Å². The highest BCUT2D eigenvalue weighted by Crippen LogP contribution is 2.33. The molecule has 0 atom stereocenters. The van der Waals surface area contributed by atoms with Crippen molar-refractivity contribution in [2.45, 2.75) is 18.7 Å². The Morgan fingerprint density at radius 1 is 1.45 bits per heavy atom. The molecule has 0 aromatic carbocycles. The second kappa shape index (κ2) is 5.40. The van der Waals surface area contributed by atoms with Crippen LogP contribution in [0, 0.1) is 25.2 Å². The molecule has 0 saturated carbocycles. The molecule has 0 fully saturated rings. The molecule has 20 heavy (non-hydrogen) atoms. The maximum absolute atomic E-state index is 12.3. The van der Waals surface area contributed by atoms with Crippen LogP contribution in [0.15, 0.2) is 23.2 Å². The third-order valence-corrected chi connectivity index (χ3v) is 5.79. The van der Waals surface area contributed by atoms with Crippen molar-refractivity contribution in [3.8, 4) is 6.07 Å². The molecule has 104 valence electrons. The number of hydrogen-bond donors (Lipinski definition) is 1. The first-order valence-corrected chi connectivity index (χ1v) is 8.18. The molecule has 0 saturated heterocycles. The van der Waals surface area contributed by atoms with Gasteiger partial charge in [0.15, 0.2) is 0 Å². The predicted octanol–water partition coefficient (Wildman–Crippen LogP) is 3.09. The average molecular weight is 328 g/mol. The number of aryl methyl sites for hydroxylation is 1. The summed E-state index contributed by atoms with van der Waals surface area (Å²) in [5.74, 6) is 0. The molecule has 0 radical (unpaired) electrons. The molecule has 2 aromatic rings. The van der Waals surface area contributed by atoms with Gasteiger partial charge in [-0.1, -0.05) is 11.6 Å². The fourth-order valence-electron chi connectivity index (χ4n) is 1.58. The molecule has 0 aliphatic heterocycles. The summed E-state index contributed by atoms with van der Waals surface area (Å²) in [4.78, 5) is 4.51. The first-order valence-electron chi connectivity index (χ1n) is 5.50. The number of nitrogens with one attached hydrogen (secondary N) is 1. The number of pyridine rings is 1. The molecule has 0 spiro atoms. The van der Waals surface area contributed by atoms with E-state index in [9.17, 15) is 8.42 Å². The molecular formula is C12H10ClN3O2S2. The van der Waals surface area contributed by atoms with Crippen molar-refractivity contribution in [3.63, 3.8) is 0 Å². The largest absolute Gasteiger partial charge is 0.269 e. The van der Waals surface area contributed by atoms with Crippen molar-refractivity contribution in [2.24, 2.45) is 0 Å². The van der Waals surface area contributed by atoms with Crippen molar-refractivity contribution >= 4 is 38.0 Å². The number of aromatic nitrogens is 1. The monoisotopic (exact) mass is 327 g/mol. The SMILES string of the molecule is Cc1sc(NS(=O)(=O)c2cccnc2Cl)c(C#N)c1C. The number of nitriles is 1. The molecule has 0 unspecified atom stereocenters. The summed E-state index contributed by atoms with van der Waals surface area (Å²) in [5, 5.41) is 9.30. The van der Waals surface area contributed by atoms with Crippen LogP contribution in [-0.4, -0.2) is 13.4 Å². The number of rotatable bonds is 3. The van der Waals surface area contributed by atoms with Crippen LogP contribution < -0.4 is 4.72 Å². The molecular weight excluding hydrogens is 318 g/mol. The van der Waals surface area contributed by atoms with E-state index in [-0.39, 0.29) is 10.0 Å². The zero-order valence-electron chi connectivity index (χ0n) is 10.6. The molecule has 1 N–H and O–H groups in total. The Kier molecular flexibility index (Phi) is 3.99. The van der Waals surface area contributed by atoms with Gasteiger partial charge in [0.05, 0.1) is 5.56 Å². The van der Waals surface area contributed by atoms with Gasteiger partial charge in [-0.3, -0.25) is 4.72 Å². The Labute approximate surface area is 125 Å². The van der Waals surface area contributed by atoms with Crippen molar-refractivity contribution in [2.75, 3.05) is 4.72 Å². The van der Waals surface area contributed by atoms with E-state index in [4.69, 9.17) is 16.9 Å². The van der Waals surface area contributed by atoms with E-state index in [0.29, 0.717) is 10.6 Å². The fraction of sp³-hybridized carbons (Fsp3) is 0.167. The Hall–Kier alpha value is -1.62. The van der Waals surface area contributed by atoms with Gasteiger partial charge in [0.25, 0.3) is 10.0 Å². The van der Waals surface area contributed by atoms with E-state index < -0.39 is 10.0 Å². The van der Waals surface area contributed by atoms with Crippen LogP contribution in [0.25, 0.3) is 0 Å². The van der Waals surface area contributed by atoms with Gasteiger partial charge in [-0.15, -0.1) is 11.3 Å². The Morgan fingerprint density at radius 3 is 2.75 bits per heavy atom. The van der Waals surface area contributed by atoms with E-state index in [1.807, 2.05) is 13.0 Å². The lowest BCUT2D eigenvalue weighted by atomic mass is 10.2. The minimum absolute atomic E-state index is 0.108. The lowest BCUT2D eigenvalue weighted by molar-refractivity contribution is 0.601. The van der Waals surface area contributed by atoms with Gasteiger partial charge < -0.3 is 0 Å². The van der Waals surface area contributed by atoms with Crippen LogP contribution in [-0.2, 0) is 10.0 Å². The van der Waals surface area contributed by atoms with Crippen molar-refractivity contribution in [1.82, 2.24) is 4.98 Å². The highest BCUT2D eigenvalue weighted by Gasteiger charge is 2.22. The van der Waals surface area contributed by atoms with E-state index in [0.717, 1.165) is 10.4 Å². The smallest absolute Gasteiger partial charge is 0.265 e. The summed E-state index contributed by atoms with van der Waals surface area (Å²) in [5.41, 5.74) is 1.10. The number of sulfonamides is 1. The summed E-state index contributed by atoms with van der Waals surface area (Å²) in [6, 6.07) is 4.85. The highest BCUT2D eigenvalue weighted by molar-refractivity contribution is 7.93.